The zero-order valence-electron chi connectivity index (χ0n) is 8.69. The van der Waals surface area contributed by atoms with Gasteiger partial charge < -0.3 is 10.0 Å². The second-order valence-electron chi connectivity index (χ2n) is 3.88. The zero-order chi connectivity index (χ0) is 11.5. The largest absolute Gasteiger partial charge is 0.480 e. The van der Waals surface area contributed by atoms with Crippen LogP contribution in [0.5, 0.6) is 0 Å². The van der Waals surface area contributed by atoms with Crippen LogP contribution in [0.1, 0.15) is 25.7 Å². The van der Waals surface area contributed by atoms with Gasteiger partial charge in [0, 0.05) is 13.6 Å². The first-order valence-corrected chi connectivity index (χ1v) is 4.90. The monoisotopic (exact) mass is 210 g/mol. The standard InChI is InChI=1S/C10H14N2O3/c1-12(7-3-6-11)8(13)10(9(14)15)4-2-5-10/h2-5,7H2,1H3,(H,14,15). The zero-order valence-corrected chi connectivity index (χ0v) is 8.69. The van der Waals surface area contributed by atoms with Crippen molar-refractivity contribution in [1.82, 2.24) is 4.90 Å². The molecule has 0 aromatic rings. The summed E-state index contributed by atoms with van der Waals surface area (Å²) in [5.41, 5.74) is -1.20. The highest BCUT2D eigenvalue weighted by Crippen LogP contribution is 2.42. The molecule has 1 rings (SSSR count). The molecule has 1 N–H and O–H groups in total. The van der Waals surface area contributed by atoms with Gasteiger partial charge in [0.05, 0.1) is 12.5 Å². The van der Waals surface area contributed by atoms with Gasteiger partial charge >= 0.3 is 5.97 Å². The smallest absolute Gasteiger partial charge is 0.319 e. The van der Waals surface area contributed by atoms with Crippen LogP contribution in [0.2, 0.25) is 0 Å². The van der Waals surface area contributed by atoms with Crippen molar-refractivity contribution < 1.29 is 14.7 Å². The Morgan fingerprint density at radius 2 is 2.13 bits per heavy atom. The molecule has 0 atom stereocenters. The van der Waals surface area contributed by atoms with Gasteiger partial charge in [-0.25, -0.2) is 0 Å². The Hall–Kier alpha value is -1.57. The van der Waals surface area contributed by atoms with Gasteiger partial charge in [0.1, 0.15) is 5.41 Å². The van der Waals surface area contributed by atoms with E-state index in [0.717, 1.165) is 6.42 Å². The van der Waals surface area contributed by atoms with Crippen LogP contribution in [0.3, 0.4) is 0 Å². The van der Waals surface area contributed by atoms with E-state index in [-0.39, 0.29) is 12.3 Å². The normalized spacial score (nSPS) is 17.3. The summed E-state index contributed by atoms with van der Waals surface area (Å²) in [6, 6.07) is 1.93. The SMILES string of the molecule is CN(CCC#N)C(=O)C1(C(=O)O)CCC1. The summed E-state index contributed by atoms with van der Waals surface area (Å²) in [6.07, 6.45) is 1.85. The number of hydrogen-bond donors (Lipinski definition) is 1. The van der Waals surface area contributed by atoms with Gasteiger partial charge in [-0.2, -0.15) is 5.26 Å². The van der Waals surface area contributed by atoms with Gasteiger partial charge in [-0.1, -0.05) is 6.42 Å². The molecule has 0 saturated heterocycles. The van der Waals surface area contributed by atoms with Crippen LogP contribution in [0.4, 0.5) is 0 Å². The quantitative estimate of drug-likeness (QED) is 0.689. The number of carbonyl (C=O) groups is 2. The van der Waals surface area contributed by atoms with Crippen molar-refractivity contribution in [2.24, 2.45) is 5.41 Å². The van der Waals surface area contributed by atoms with E-state index in [1.165, 1.54) is 4.90 Å². The number of carboxylic acid groups (broad SMARTS) is 1. The van der Waals surface area contributed by atoms with Crippen molar-refractivity contribution in [1.29, 1.82) is 5.26 Å². The summed E-state index contributed by atoms with van der Waals surface area (Å²) in [5.74, 6) is -1.40. The van der Waals surface area contributed by atoms with Gasteiger partial charge in [-0.15, -0.1) is 0 Å². The molecule has 0 unspecified atom stereocenters. The Morgan fingerprint density at radius 3 is 2.47 bits per heavy atom. The molecule has 0 aromatic heterocycles. The third kappa shape index (κ3) is 1.94. The van der Waals surface area contributed by atoms with Gasteiger partial charge in [0.15, 0.2) is 0 Å². The minimum Gasteiger partial charge on any atom is -0.480 e. The highest BCUT2D eigenvalue weighted by atomic mass is 16.4. The molecule has 0 spiro atoms. The van der Waals surface area contributed by atoms with E-state index in [9.17, 15) is 9.59 Å². The van der Waals surface area contributed by atoms with E-state index in [2.05, 4.69) is 0 Å². The number of aliphatic carboxylic acids is 1. The van der Waals surface area contributed by atoms with Crippen LogP contribution in [-0.2, 0) is 9.59 Å². The Kier molecular flexibility index (Phi) is 3.30. The predicted octanol–water partition coefficient (Wildman–Crippen LogP) is 0.613. The van der Waals surface area contributed by atoms with Crippen molar-refractivity contribution in [2.45, 2.75) is 25.7 Å². The van der Waals surface area contributed by atoms with E-state index in [1.807, 2.05) is 6.07 Å². The summed E-state index contributed by atoms with van der Waals surface area (Å²) >= 11 is 0. The number of nitriles is 1. The molecule has 0 aliphatic heterocycles. The Labute approximate surface area is 88.3 Å². The first kappa shape index (κ1) is 11.5. The van der Waals surface area contributed by atoms with Crippen LogP contribution < -0.4 is 0 Å². The number of hydrogen-bond acceptors (Lipinski definition) is 3. The maximum Gasteiger partial charge on any atom is 0.319 e. The van der Waals surface area contributed by atoms with E-state index in [4.69, 9.17) is 10.4 Å². The molecule has 0 aromatic carbocycles. The fourth-order valence-electron chi connectivity index (χ4n) is 1.73. The second kappa shape index (κ2) is 4.30. The maximum absolute atomic E-state index is 11.8. The molecular weight excluding hydrogens is 196 g/mol. The van der Waals surface area contributed by atoms with E-state index in [1.54, 1.807) is 7.05 Å². The summed E-state index contributed by atoms with van der Waals surface area (Å²) in [5, 5.41) is 17.4. The molecule has 82 valence electrons. The van der Waals surface area contributed by atoms with Crippen molar-refractivity contribution in [3.63, 3.8) is 0 Å². The second-order valence-corrected chi connectivity index (χ2v) is 3.88. The lowest BCUT2D eigenvalue weighted by molar-refractivity contribution is -0.166. The molecular formula is C10H14N2O3. The molecule has 1 amide bonds. The first-order valence-electron chi connectivity index (χ1n) is 4.90. The van der Waals surface area contributed by atoms with Crippen molar-refractivity contribution in [2.75, 3.05) is 13.6 Å². The fourth-order valence-corrected chi connectivity index (χ4v) is 1.73. The van der Waals surface area contributed by atoms with Crippen LogP contribution >= 0.6 is 0 Å². The molecule has 15 heavy (non-hydrogen) atoms. The highest BCUT2D eigenvalue weighted by Gasteiger charge is 2.52. The molecule has 5 nitrogen and oxygen atoms in total. The lowest BCUT2D eigenvalue weighted by Crippen LogP contribution is -2.51. The van der Waals surface area contributed by atoms with E-state index >= 15 is 0 Å². The van der Waals surface area contributed by atoms with Gasteiger partial charge in [-0.05, 0) is 12.8 Å². The van der Waals surface area contributed by atoms with Crippen molar-refractivity contribution in [3.8, 4) is 6.07 Å². The predicted molar refractivity (Wildman–Crippen MR) is 51.8 cm³/mol. The Balaban J connectivity index is 2.66. The third-order valence-corrected chi connectivity index (χ3v) is 2.93. The lowest BCUT2D eigenvalue weighted by atomic mass is 9.68. The number of carboxylic acids is 1. The number of amides is 1. The Bertz CT molecular complexity index is 315. The summed E-state index contributed by atoms with van der Waals surface area (Å²) in [4.78, 5) is 24.2. The van der Waals surface area contributed by atoms with Gasteiger partial charge in [-0.3, -0.25) is 9.59 Å². The number of nitrogens with zero attached hydrogens (tertiary/aromatic N) is 2. The molecule has 0 heterocycles. The summed E-state index contributed by atoms with van der Waals surface area (Å²) in [6.45, 7) is 0.296. The molecule has 1 saturated carbocycles. The molecule has 0 radical (unpaired) electrons. The lowest BCUT2D eigenvalue weighted by Gasteiger charge is -2.38. The summed E-state index contributed by atoms with van der Waals surface area (Å²) in [7, 11) is 1.54. The highest BCUT2D eigenvalue weighted by molar-refractivity contribution is 6.02. The maximum atomic E-state index is 11.8. The average Bonchev–Trinajstić information content (AvgIpc) is 2.11. The van der Waals surface area contributed by atoms with Crippen molar-refractivity contribution in [3.05, 3.63) is 0 Å². The molecule has 1 fully saturated rings. The average molecular weight is 210 g/mol. The fraction of sp³-hybridized carbons (Fsp3) is 0.700. The van der Waals surface area contributed by atoms with Crippen LogP contribution in [0.25, 0.3) is 0 Å². The minimum atomic E-state index is -1.20. The van der Waals surface area contributed by atoms with E-state index in [0.29, 0.717) is 19.4 Å². The van der Waals surface area contributed by atoms with Gasteiger partial charge in [0.25, 0.3) is 0 Å². The van der Waals surface area contributed by atoms with E-state index < -0.39 is 11.4 Å². The third-order valence-electron chi connectivity index (χ3n) is 2.93. The number of carbonyl (C=O) groups excluding carboxylic acids is 1. The van der Waals surface area contributed by atoms with Crippen LogP contribution in [0.15, 0.2) is 0 Å². The molecule has 5 heteroatoms. The topological polar surface area (TPSA) is 81.4 Å². The number of rotatable bonds is 4. The van der Waals surface area contributed by atoms with Crippen LogP contribution in [-0.4, -0.2) is 35.5 Å². The first-order chi connectivity index (χ1) is 7.04. The molecule has 1 aliphatic carbocycles. The Morgan fingerprint density at radius 1 is 1.53 bits per heavy atom. The minimum absolute atomic E-state index is 0.234. The van der Waals surface area contributed by atoms with Crippen molar-refractivity contribution >= 4 is 11.9 Å². The van der Waals surface area contributed by atoms with Gasteiger partial charge in [0.2, 0.25) is 5.91 Å². The molecule has 0 bridgehead atoms. The molecule has 1 aliphatic rings. The summed E-state index contributed by atoms with van der Waals surface area (Å²) < 4.78 is 0. The van der Waals surface area contributed by atoms with Crippen LogP contribution in [0, 0.1) is 16.7 Å².